The van der Waals surface area contributed by atoms with Gasteiger partial charge in [-0.05, 0) is 48.0 Å². The zero-order chi connectivity index (χ0) is 16.8. The monoisotopic (exact) mass is 380 g/mol. The van der Waals surface area contributed by atoms with Gasteiger partial charge >= 0.3 is 0 Å². The number of hydrogen-bond acceptors (Lipinski definition) is 2. The van der Waals surface area contributed by atoms with Crippen LogP contribution in [0.4, 0.5) is 11.4 Å². The van der Waals surface area contributed by atoms with E-state index in [-0.39, 0.29) is 5.91 Å². The maximum Gasteiger partial charge on any atom is 0.255 e. The van der Waals surface area contributed by atoms with E-state index >= 15 is 0 Å². The Hall–Kier alpha value is -2.59. The molecule has 0 fully saturated rings. The summed E-state index contributed by atoms with van der Waals surface area (Å²) in [5.41, 5.74) is 3.63. The molecule has 4 heteroatoms. The van der Waals surface area contributed by atoms with Gasteiger partial charge in [0.1, 0.15) is 0 Å². The number of benzene rings is 3. The van der Waals surface area contributed by atoms with Gasteiger partial charge in [-0.15, -0.1) is 0 Å². The summed E-state index contributed by atoms with van der Waals surface area (Å²) in [7, 11) is 0. The minimum Gasteiger partial charge on any atom is -0.381 e. The van der Waals surface area contributed by atoms with Gasteiger partial charge in [0, 0.05) is 28.0 Å². The molecule has 3 rings (SSSR count). The molecular weight excluding hydrogens is 364 g/mol. The molecule has 0 aliphatic rings. The van der Waals surface area contributed by atoms with Crippen molar-refractivity contribution < 1.29 is 4.79 Å². The number of amides is 1. The zero-order valence-electron chi connectivity index (χ0n) is 13.0. The van der Waals surface area contributed by atoms with E-state index in [4.69, 9.17) is 0 Å². The SMILES string of the molecule is O=C(Nc1ccc(NCc2ccccc2)cc1)c1cccc(Br)c1. The lowest BCUT2D eigenvalue weighted by Gasteiger charge is -2.09. The molecule has 0 bridgehead atoms. The largest absolute Gasteiger partial charge is 0.381 e. The standard InChI is InChI=1S/C20H17BrN2O/c21-17-8-4-7-16(13-17)20(24)23-19-11-9-18(10-12-19)22-14-15-5-2-1-3-6-15/h1-13,22H,14H2,(H,23,24). The number of hydrogen-bond donors (Lipinski definition) is 2. The summed E-state index contributed by atoms with van der Waals surface area (Å²) in [6, 6.07) is 25.2. The van der Waals surface area contributed by atoms with Crippen LogP contribution in [0.3, 0.4) is 0 Å². The third-order valence-corrected chi connectivity index (χ3v) is 4.06. The molecule has 0 saturated carbocycles. The van der Waals surface area contributed by atoms with Gasteiger partial charge in [0.05, 0.1) is 0 Å². The summed E-state index contributed by atoms with van der Waals surface area (Å²) in [5.74, 6) is -0.124. The molecule has 0 aliphatic heterocycles. The van der Waals surface area contributed by atoms with Crippen LogP contribution in [0.15, 0.2) is 83.3 Å². The second-order valence-corrected chi connectivity index (χ2v) is 6.30. The van der Waals surface area contributed by atoms with Crippen LogP contribution in [-0.4, -0.2) is 5.91 Å². The minimum atomic E-state index is -0.124. The van der Waals surface area contributed by atoms with E-state index < -0.39 is 0 Å². The van der Waals surface area contributed by atoms with Crippen molar-refractivity contribution in [3.63, 3.8) is 0 Å². The van der Waals surface area contributed by atoms with E-state index in [9.17, 15) is 4.79 Å². The van der Waals surface area contributed by atoms with Crippen molar-refractivity contribution in [1.29, 1.82) is 0 Å². The van der Waals surface area contributed by atoms with Crippen LogP contribution in [0.5, 0.6) is 0 Å². The zero-order valence-corrected chi connectivity index (χ0v) is 14.6. The van der Waals surface area contributed by atoms with Gasteiger partial charge in [0.2, 0.25) is 0 Å². The molecule has 0 atom stereocenters. The van der Waals surface area contributed by atoms with Crippen molar-refractivity contribution in [2.75, 3.05) is 10.6 Å². The molecule has 0 aliphatic carbocycles. The van der Waals surface area contributed by atoms with Gasteiger partial charge in [-0.25, -0.2) is 0 Å². The van der Waals surface area contributed by atoms with E-state index in [1.165, 1.54) is 5.56 Å². The van der Waals surface area contributed by atoms with E-state index in [1.54, 1.807) is 12.1 Å². The minimum absolute atomic E-state index is 0.124. The van der Waals surface area contributed by atoms with Crippen molar-refractivity contribution in [3.05, 3.63) is 94.5 Å². The van der Waals surface area contributed by atoms with Crippen molar-refractivity contribution in [2.45, 2.75) is 6.54 Å². The van der Waals surface area contributed by atoms with Crippen molar-refractivity contribution in [2.24, 2.45) is 0 Å². The lowest BCUT2D eigenvalue weighted by molar-refractivity contribution is 0.102. The highest BCUT2D eigenvalue weighted by Crippen LogP contribution is 2.17. The number of carbonyl (C=O) groups is 1. The fourth-order valence-corrected chi connectivity index (χ4v) is 2.70. The van der Waals surface area contributed by atoms with Crippen LogP contribution in [0.1, 0.15) is 15.9 Å². The Labute approximate surface area is 149 Å². The first-order valence-electron chi connectivity index (χ1n) is 7.65. The van der Waals surface area contributed by atoms with Crippen molar-refractivity contribution >= 4 is 33.2 Å². The second-order valence-electron chi connectivity index (χ2n) is 5.38. The Morgan fingerprint density at radius 2 is 1.54 bits per heavy atom. The Morgan fingerprint density at radius 1 is 0.833 bits per heavy atom. The molecule has 2 N–H and O–H groups in total. The number of nitrogens with one attached hydrogen (secondary N) is 2. The molecule has 3 aromatic carbocycles. The lowest BCUT2D eigenvalue weighted by atomic mass is 10.2. The van der Waals surface area contributed by atoms with Gasteiger partial charge in [0.25, 0.3) is 5.91 Å². The smallest absolute Gasteiger partial charge is 0.255 e. The average Bonchev–Trinajstić information content (AvgIpc) is 2.62. The summed E-state index contributed by atoms with van der Waals surface area (Å²) in [4.78, 5) is 12.2. The maximum absolute atomic E-state index is 12.2. The molecule has 24 heavy (non-hydrogen) atoms. The molecule has 0 spiro atoms. The highest BCUT2D eigenvalue weighted by atomic mass is 79.9. The predicted octanol–water partition coefficient (Wildman–Crippen LogP) is 5.31. The van der Waals surface area contributed by atoms with E-state index in [1.807, 2.05) is 54.6 Å². The summed E-state index contributed by atoms with van der Waals surface area (Å²) in [5, 5.41) is 6.26. The molecule has 0 radical (unpaired) electrons. The fourth-order valence-electron chi connectivity index (χ4n) is 2.30. The quantitative estimate of drug-likeness (QED) is 0.629. The van der Waals surface area contributed by atoms with Gasteiger partial charge in [-0.2, -0.15) is 0 Å². The summed E-state index contributed by atoms with van der Waals surface area (Å²) in [6.07, 6.45) is 0. The normalized spacial score (nSPS) is 10.2. The van der Waals surface area contributed by atoms with E-state index in [2.05, 4.69) is 38.7 Å². The molecule has 1 amide bonds. The van der Waals surface area contributed by atoms with Crippen LogP contribution in [0.25, 0.3) is 0 Å². The summed E-state index contributed by atoms with van der Waals surface area (Å²) in [6.45, 7) is 0.768. The molecule has 3 aromatic rings. The average molecular weight is 381 g/mol. The van der Waals surface area contributed by atoms with Gasteiger partial charge in [-0.1, -0.05) is 52.3 Å². The highest BCUT2D eigenvalue weighted by Gasteiger charge is 2.06. The Morgan fingerprint density at radius 3 is 2.25 bits per heavy atom. The van der Waals surface area contributed by atoms with Gasteiger partial charge in [-0.3, -0.25) is 4.79 Å². The molecule has 0 heterocycles. The second kappa shape index (κ2) is 7.79. The first-order valence-corrected chi connectivity index (χ1v) is 8.45. The number of anilines is 2. The third-order valence-electron chi connectivity index (χ3n) is 3.57. The lowest BCUT2D eigenvalue weighted by Crippen LogP contribution is -2.11. The maximum atomic E-state index is 12.2. The highest BCUT2D eigenvalue weighted by molar-refractivity contribution is 9.10. The number of halogens is 1. The fraction of sp³-hybridized carbons (Fsp3) is 0.0500. The molecule has 0 aromatic heterocycles. The molecule has 120 valence electrons. The van der Waals surface area contributed by atoms with Crippen LogP contribution in [0, 0.1) is 0 Å². The van der Waals surface area contributed by atoms with Gasteiger partial charge in [0.15, 0.2) is 0 Å². The van der Waals surface area contributed by atoms with Crippen LogP contribution in [-0.2, 0) is 6.54 Å². The number of rotatable bonds is 5. The van der Waals surface area contributed by atoms with Crippen LogP contribution >= 0.6 is 15.9 Å². The van der Waals surface area contributed by atoms with Gasteiger partial charge < -0.3 is 10.6 Å². The molecule has 0 unspecified atom stereocenters. The first-order chi connectivity index (χ1) is 11.7. The van der Waals surface area contributed by atoms with Crippen LogP contribution < -0.4 is 10.6 Å². The predicted molar refractivity (Wildman–Crippen MR) is 102 cm³/mol. The van der Waals surface area contributed by atoms with Crippen molar-refractivity contribution in [1.82, 2.24) is 0 Å². The summed E-state index contributed by atoms with van der Waals surface area (Å²) < 4.78 is 0.885. The first kappa shape index (κ1) is 16.3. The van der Waals surface area contributed by atoms with Crippen molar-refractivity contribution in [3.8, 4) is 0 Å². The Bertz CT molecular complexity index is 817. The Kier molecular flexibility index (Phi) is 5.29. The molecule has 3 nitrogen and oxygen atoms in total. The van der Waals surface area contributed by atoms with Crippen LogP contribution in [0.2, 0.25) is 0 Å². The number of carbonyl (C=O) groups excluding carboxylic acids is 1. The summed E-state index contributed by atoms with van der Waals surface area (Å²) >= 11 is 3.37. The molecular formula is C20H17BrN2O. The van der Waals surface area contributed by atoms with E-state index in [0.29, 0.717) is 5.56 Å². The third kappa shape index (κ3) is 4.46. The Balaban J connectivity index is 1.59. The van der Waals surface area contributed by atoms with E-state index in [0.717, 1.165) is 22.4 Å². The molecule has 0 saturated heterocycles. The topological polar surface area (TPSA) is 41.1 Å².